The van der Waals surface area contributed by atoms with E-state index in [2.05, 4.69) is 26.0 Å². The number of carbonyl (C=O) groups is 1. The minimum Gasteiger partial charge on any atom is -0.476 e. The van der Waals surface area contributed by atoms with E-state index in [0.717, 1.165) is 16.9 Å². The number of rotatable bonds is 4. The average Bonchev–Trinajstić information content (AvgIpc) is 2.62. The second-order valence-electron chi connectivity index (χ2n) is 6.45. The van der Waals surface area contributed by atoms with Gasteiger partial charge in [-0.15, -0.1) is 0 Å². The Kier molecular flexibility index (Phi) is 4.43. The fourth-order valence-corrected chi connectivity index (χ4v) is 3.11. The third-order valence-electron chi connectivity index (χ3n) is 4.64. The molecule has 0 bridgehead atoms. The molecule has 24 heavy (non-hydrogen) atoms. The van der Waals surface area contributed by atoms with E-state index in [0.29, 0.717) is 12.0 Å². The summed E-state index contributed by atoms with van der Waals surface area (Å²) in [5.74, 6) is 0.796. The van der Waals surface area contributed by atoms with Crippen molar-refractivity contribution in [1.82, 2.24) is 4.90 Å². The predicted octanol–water partition coefficient (Wildman–Crippen LogP) is 4.56. The number of allylic oxidation sites excluding steroid dienone is 1. The monoisotopic (exact) mass is 321 g/mol. The van der Waals surface area contributed by atoms with Crippen LogP contribution in [0, 0.1) is 0 Å². The van der Waals surface area contributed by atoms with Crippen LogP contribution in [-0.4, -0.2) is 17.5 Å². The van der Waals surface area contributed by atoms with Crippen molar-refractivity contribution in [3.05, 3.63) is 77.5 Å². The minimum absolute atomic E-state index is 0.0261. The number of amides is 1. The van der Waals surface area contributed by atoms with Crippen LogP contribution in [0.15, 0.2) is 66.4 Å². The van der Waals surface area contributed by atoms with Gasteiger partial charge in [0.25, 0.3) is 5.91 Å². The van der Waals surface area contributed by atoms with E-state index < -0.39 is 5.54 Å². The number of hydrogen-bond donors (Lipinski definition) is 0. The van der Waals surface area contributed by atoms with Crippen molar-refractivity contribution >= 4 is 11.5 Å². The molecule has 0 saturated carbocycles. The summed E-state index contributed by atoms with van der Waals surface area (Å²) in [4.78, 5) is 15.1. The average molecular weight is 321 g/mol. The van der Waals surface area contributed by atoms with E-state index in [1.165, 1.54) is 0 Å². The third kappa shape index (κ3) is 2.82. The molecule has 2 aromatic rings. The highest BCUT2D eigenvalue weighted by Crippen LogP contribution is 2.36. The number of benzene rings is 2. The second kappa shape index (κ2) is 6.52. The van der Waals surface area contributed by atoms with Gasteiger partial charge in [-0.1, -0.05) is 67.6 Å². The summed E-state index contributed by atoms with van der Waals surface area (Å²) in [6.07, 6.45) is 0.704. The molecule has 1 aliphatic heterocycles. The Labute approximate surface area is 143 Å². The molecule has 0 saturated heterocycles. The van der Waals surface area contributed by atoms with Crippen LogP contribution in [0.3, 0.4) is 0 Å². The van der Waals surface area contributed by atoms with Gasteiger partial charge >= 0.3 is 0 Å². The largest absolute Gasteiger partial charge is 0.476 e. The van der Waals surface area contributed by atoms with Crippen LogP contribution in [0.2, 0.25) is 0 Å². The summed E-state index contributed by atoms with van der Waals surface area (Å²) in [6, 6.07) is 19.9. The third-order valence-corrected chi connectivity index (χ3v) is 4.64. The molecule has 0 unspecified atom stereocenters. The maximum absolute atomic E-state index is 13.3. The number of nitrogens with zero attached hydrogens (tertiary/aromatic N) is 1. The van der Waals surface area contributed by atoms with Crippen LogP contribution < -0.4 is 0 Å². The van der Waals surface area contributed by atoms with Crippen molar-refractivity contribution in [3.8, 4) is 0 Å². The summed E-state index contributed by atoms with van der Waals surface area (Å²) in [7, 11) is 0. The van der Waals surface area contributed by atoms with Gasteiger partial charge in [-0.05, 0) is 25.0 Å². The molecule has 3 heteroatoms. The molecule has 3 rings (SSSR count). The molecule has 0 spiro atoms. The highest BCUT2D eigenvalue weighted by molar-refractivity contribution is 6.20. The molecule has 1 amide bonds. The maximum atomic E-state index is 13.3. The molecule has 0 radical (unpaired) electrons. The topological polar surface area (TPSA) is 29.5 Å². The zero-order valence-corrected chi connectivity index (χ0v) is 14.5. The highest BCUT2D eigenvalue weighted by atomic mass is 16.5. The van der Waals surface area contributed by atoms with Crippen LogP contribution >= 0.6 is 0 Å². The molecule has 0 fully saturated rings. The molecule has 124 valence electrons. The first-order valence-corrected chi connectivity index (χ1v) is 8.34. The lowest BCUT2D eigenvalue weighted by molar-refractivity contribution is -0.139. The number of ether oxygens (including phenoxy) is 1. The van der Waals surface area contributed by atoms with E-state index in [4.69, 9.17) is 4.74 Å². The fourth-order valence-electron chi connectivity index (χ4n) is 3.11. The van der Waals surface area contributed by atoms with Crippen molar-refractivity contribution in [1.29, 1.82) is 0 Å². The van der Waals surface area contributed by atoms with Crippen LogP contribution in [0.5, 0.6) is 0 Å². The zero-order valence-electron chi connectivity index (χ0n) is 14.5. The number of carbonyl (C=O) groups excluding carboxylic acids is 1. The van der Waals surface area contributed by atoms with Crippen LogP contribution in [0.25, 0.3) is 5.57 Å². The van der Waals surface area contributed by atoms with E-state index in [1.54, 1.807) is 0 Å². The van der Waals surface area contributed by atoms with Gasteiger partial charge in [0.15, 0.2) is 6.73 Å². The van der Waals surface area contributed by atoms with Crippen LogP contribution in [0.1, 0.15) is 38.3 Å². The SMILES string of the molecule is CCC1=C(c2ccccc2)C(=O)N(C(C)(C)c2ccccc2)CO1. The smallest absolute Gasteiger partial charge is 0.261 e. The summed E-state index contributed by atoms with van der Waals surface area (Å²) in [5, 5.41) is 0. The first-order chi connectivity index (χ1) is 11.6. The lowest BCUT2D eigenvalue weighted by Crippen LogP contribution is -2.49. The molecule has 0 aliphatic carbocycles. The van der Waals surface area contributed by atoms with Crippen LogP contribution in [-0.2, 0) is 15.1 Å². The molecule has 1 aliphatic rings. The van der Waals surface area contributed by atoms with E-state index in [1.807, 2.05) is 60.4 Å². The lowest BCUT2D eigenvalue weighted by Gasteiger charge is -2.42. The lowest BCUT2D eigenvalue weighted by atomic mass is 9.90. The van der Waals surface area contributed by atoms with Gasteiger partial charge in [0.1, 0.15) is 5.76 Å². The van der Waals surface area contributed by atoms with E-state index in [9.17, 15) is 4.79 Å². The summed E-state index contributed by atoms with van der Waals surface area (Å²) in [5.41, 5.74) is 2.23. The molecule has 0 N–H and O–H groups in total. The quantitative estimate of drug-likeness (QED) is 0.826. The van der Waals surface area contributed by atoms with E-state index in [-0.39, 0.29) is 12.6 Å². The molecular formula is C21H23NO2. The Morgan fingerprint density at radius 2 is 1.58 bits per heavy atom. The Morgan fingerprint density at radius 3 is 2.17 bits per heavy atom. The summed E-state index contributed by atoms with van der Waals surface area (Å²) >= 11 is 0. The highest BCUT2D eigenvalue weighted by Gasteiger charge is 2.38. The van der Waals surface area contributed by atoms with Crippen molar-refractivity contribution in [2.24, 2.45) is 0 Å². The Morgan fingerprint density at radius 1 is 1.00 bits per heavy atom. The number of hydrogen-bond acceptors (Lipinski definition) is 2. The van der Waals surface area contributed by atoms with Gasteiger partial charge in [-0.25, -0.2) is 0 Å². The van der Waals surface area contributed by atoms with Crippen molar-refractivity contribution in [2.75, 3.05) is 6.73 Å². The standard InChI is InChI=1S/C21H23NO2/c1-4-18-19(16-11-7-5-8-12-16)20(23)22(15-24-18)21(2,3)17-13-9-6-10-14-17/h5-14H,4,15H2,1-3H3. The van der Waals surface area contributed by atoms with Crippen molar-refractivity contribution in [3.63, 3.8) is 0 Å². The predicted molar refractivity (Wildman–Crippen MR) is 95.9 cm³/mol. The van der Waals surface area contributed by atoms with Gasteiger partial charge in [-0.3, -0.25) is 9.69 Å². The van der Waals surface area contributed by atoms with Crippen molar-refractivity contribution in [2.45, 2.75) is 32.7 Å². The van der Waals surface area contributed by atoms with Gasteiger partial charge < -0.3 is 4.74 Å². The van der Waals surface area contributed by atoms with E-state index >= 15 is 0 Å². The molecular weight excluding hydrogens is 298 g/mol. The van der Waals surface area contributed by atoms with Gasteiger partial charge in [0, 0.05) is 6.42 Å². The Hall–Kier alpha value is -2.55. The Balaban J connectivity index is 2.02. The fraction of sp³-hybridized carbons (Fsp3) is 0.286. The molecule has 3 nitrogen and oxygen atoms in total. The normalized spacial score (nSPS) is 15.5. The summed E-state index contributed by atoms with van der Waals surface area (Å²) < 4.78 is 5.97. The van der Waals surface area contributed by atoms with Gasteiger partial charge in [0.2, 0.25) is 0 Å². The summed E-state index contributed by atoms with van der Waals surface area (Å²) in [6.45, 7) is 6.41. The first-order valence-electron chi connectivity index (χ1n) is 8.34. The van der Waals surface area contributed by atoms with Gasteiger partial charge in [-0.2, -0.15) is 0 Å². The first kappa shape index (κ1) is 16.3. The molecule has 0 aromatic heterocycles. The molecule has 1 heterocycles. The maximum Gasteiger partial charge on any atom is 0.261 e. The minimum atomic E-state index is -0.447. The van der Waals surface area contributed by atoms with Crippen LogP contribution in [0.4, 0.5) is 0 Å². The Bertz CT molecular complexity index is 748. The molecule has 2 aromatic carbocycles. The molecule has 0 atom stereocenters. The zero-order chi connectivity index (χ0) is 17.2. The van der Waals surface area contributed by atoms with Gasteiger partial charge in [0.05, 0.1) is 11.1 Å². The second-order valence-corrected chi connectivity index (χ2v) is 6.45. The van der Waals surface area contributed by atoms with Crippen molar-refractivity contribution < 1.29 is 9.53 Å².